The van der Waals surface area contributed by atoms with Crippen LogP contribution in [0.15, 0.2) is 66.4 Å². The minimum absolute atomic E-state index is 0.0787. The van der Waals surface area contributed by atoms with Gasteiger partial charge in [0, 0.05) is 6.07 Å². The van der Waals surface area contributed by atoms with E-state index in [0.29, 0.717) is 39.5 Å². The van der Waals surface area contributed by atoms with Crippen LogP contribution in [0.3, 0.4) is 0 Å². The zero-order valence-corrected chi connectivity index (χ0v) is 19.1. The molecule has 0 fully saturated rings. The van der Waals surface area contributed by atoms with Crippen molar-refractivity contribution in [2.24, 2.45) is 0 Å². The number of rotatable bonds is 4. The number of carbonyl (C=O) groups excluding carboxylic acids is 1. The summed E-state index contributed by atoms with van der Waals surface area (Å²) in [6, 6.07) is 18.7. The first-order valence-electron chi connectivity index (χ1n) is 9.96. The molecule has 1 aliphatic rings. The van der Waals surface area contributed by atoms with Gasteiger partial charge in [-0.05, 0) is 52.4 Å². The molecule has 0 radical (unpaired) electrons. The van der Waals surface area contributed by atoms with Gasteiger partial charge in [-0.1, -0.05) is 74.3 Å². The number of allylic oxidation sites excluding steroid dienone is 1. The van der Waals surface area contributed by atoms with Crippen LogP contribution in [0.1, 0.15) is 47.8 Å². The fourth-order valence-electron chi connectivity index (χ4n) is 3.28. The fourth-order valence-corrected chi connectivity index (χ4v) is 3.60. The number of carbonyl (C=O) groups is 1. The van der Waals surface area contributed by atoms with Crippen molar-refractivity contribution >= 4 is 35.1 Å². The van der Waals surface area contributed by atoms with E-state index in [1.54, 1.807) is 36.4 Å². The highest BCUT2D eigenvalue weighted by Gasteiger charge is 2.27. The Kier molecular flexibility index (Phi) is 5.83. The maximum absolute atomic E-state index is 12.7. The number of hydrogen-bond donors (Lipinski definition) is 0. The zero-order valence-electron chi connectivity index (χ0n) is 17.5. The molecule has 4 rings (SSSR count). The van der Waals surface area contributed by atoms with Crippen molar-refractivity contribution in [1.29, 1.82) is 0 Å². The smallest absolute Gasteiger partial charge is 0.231 e. The Balaban J connectivity index is 1.48. The van der Waals surface area contributed by atoms with Crippen molar-refractivity contribution < 1.29 is 14.3 Å². The van der Waals surface area contributed by atoms with Crippen LogP contribution >= 0.6 is 23.2 Å². The van der Waals surface area contributed by atoms with Crippen LogP contribution in [0.25, 0.3) is 6.08 Å². The highest BCUT2D eigenvalue weighted by molar-refractivity contribution is 6.42. The number of hydrogen-bond acceptors (Lipinski definition) is 3. The van der Waals surface area contributed by atoms with Crippen molar-refractivity contribution in [3.05, 3.63) is 98.7 Å². The molecule has 0 unspecified atom stereocenters. The highest BCUT2D eigenvalue weighted by Crippen LogP contribution is 2.35. The van der Waals surface area contributed by atoms with E-state index in [0.717, 1.165) is 11.1 Å². The van der Waals surface area contributed by atoms with Gasteiger partial charge in [-0.3, -0.25) is 4.79 Å². The molecule has 3 nitrogen and oxygen atoms in total. The van der Waals surface area contributed by atoms with Crippen molar-refractivity contribution in [2.75, 3.05) is 0 Å². The second-order valence-electron chi connectivity index (χ2n) is 8.51. The maximum Gasteiger partial charge on any atom is 0.231 e. The van der Waals surface area contributed by atoms with Crippen LogP contribution in [-0.2, 0) is 12.0 Å². The first-order valence-corrected chi connectivity index (χ1v) is 10.7. The van der Waals surface area contributed by atoms with Crippen molar-refractivity contribution in [1.82, 2.24) is 0 Å². The molecule has 1 heterocycles. The van der Waals surface area contributed by atoms with Gasteiger partial charge in [0.15, 0.2) is 5.76 Å². The molecule has 31 heavy (non-hydrogen) atoms. The molecule has 0 amide bonds. The monoisotopic (exact) mass is 452 g/mol. The van der Waals surface area contributed by atoms with E-state index < -0.39 is 0 Å². The topological polar surface area (TPSA) is 35.5 Å². The summed E-state index contributed by atoms with van der Waals surface area (Å²) >= 11 is 12.0. The molecule has 0 N–H and O–H groups in total. The van der Waals surface area contributed by atoms with Crippen molar-refractivity contribution in [3.8, 4) is 11.5 Å². The lowest BCUT2D eigenvalue weighted by Gasteiger charge is -2.18. The quantitative estimate of drug-likeness (QED) is 0.384. The third-order valence-electron chi connectivity index (χ3n) is 5.11. The second-order valence-corrected chi connectivity index (χ2v) is 9.32. The van der Waals surface area contributed by atoms with Crippen LogP contribution in [0, 0.1) is 0 Å². The van der Waals surface area contributed by atoms with E-state index in [1.807, 2.05) is 18.2 Å². The van der Waals surface area contributed by atoms with E-state index >= 15 is 0 Å². The Morgan fingerprint density at radius 1 is 0.935 bits per heavy atom. The number of fused-ring (bicyclic) bond motifs is 1. The molecule has 0 saturated heterocycles. The molecule has 158 valence electrons. The molecule has 0 bridgehead atoms. The second kappa shape index (κ2) is 8.41. The molecule has 5 heteroatoms. The van der Waals surface area contributed by atoms with Crippen LogP contribution in [0.4, 0.5) is 0 Å². The molecular weight excluding hydrogens is 431 g/mol. The molecule has 3 aromatic carbocycles. The average molecular weight is 453 g/mol. The van der Waals surface area contributed by atoms with Gasteiger partial charge in [0.05, 0.1) is 15.6 Å². The fraction of sp³-hybridized carbons (Fsp3) is 0.192. The molecule has 0 atom stereocenters. The zero-order chi connectivity index (χ0) is 22.2. The highest BCUT2D eigenvalue weighted by atomic mass is 35.5. The Bertz CT molecular complexity index is 1170. The number of Topliss-reactive ketones (excluding diaryl/α,β-unsaturated/α-hetero) is 1. The van der Waals surface area contributed by atoms with Crippen LogP contribution < -0.4 is 9.47 Å². The molecule has 0 aliphatic carbocycles. The van der Waals surface area contributed by atoms with Gasteiger partial charge >= 0.3 is 0 Å². The molecule has 0 spiro atoms. The van der Waals surface area contributed by atoms with E-state index in [9.17, 15) is 4.79 Å². The Morgan fingerprint density at radius 2 is 1.68 bits per heavy atom. The van der Waals surface area contributed by atoms with Crippen LogP contribution in [0.5, 0.6) is 11.5 Å². The van der Waals surface area contributed by atoms with Gasteiger partial charge in [-0.25, -0.2) is 0 Å². The largest absolute Gasteiger partial charge is 0.489 e. The third kappa shape index (κ3) is 4.79. The SMILES string of the molecule is CC(C)(C)c1ccc(C=C2Oc3cc(OCc4ccc(Cl)c(Cl)c4)ccc3C2=O)cc1. The molecule has 3 aromatic rings. The Labute approximate surface area is 192 Å². The summed E-state index contributed by atoms with van der Waals surface area (Å²) < 4.78 is 11.7. The van der Waals surface area contributed by atoms with E-state index in [2.05, 4.69) is 32.9 Å². The molecule has 0 saturated carbocycles. The summed E-state index contributed by atoms with van der Waals surface area (Å²) in [5.41, 5.74) is 3.65. The third-order valence-corrected chi connectivity index (χ3v) is 5.84. The normalized spacial score (nSPS) is 14.5. The Hall–Kier alpha value is -2.75. The average Bonchev–Trinajstić information content (AvgIpc) is 3.03. The van der Waals surface area contributed by atoms with E-state index in [4.69, 9.17) is 32.7 Å². The lowest BCUT2D eigenvalue weighted by atomic mass is 9.86. The van der Waals surface area contributed by atoms with Crippen LogP contribution in [-0.4, -0.2) is 5.78 Å². The minimum atomic E-state index is -0.133. The first kappa shape index (κ1) is 21.5. The van der Waals surface area contributed by atoms with E-state index in [-0.39, 0.29) is 11.2 Å². The standard InChI is InChI=1S/C26H22Cl2O3/c1-26(2,3)18-7-4-16(5-8-18)13-24-25(29)20-10-9-19(14-23(20)31-24)30-15-17-6-11-21(27)22(28)12-17/h4-14H,15H2,1-3H3. The van der Waals surface area contributed by atoms with Gasteiger partial charge in [-0.15, -0.1) is 0 Å². The van der Waals surface area contributed by atoms with Gasteiger partial charge in [0.25, 0.3) is 0 Å². The van der Waals surface area contributed by atoms with Gasteiger partial charge < -0.3 is 9.47 Å². The number of ether oxygens (including phenoxy) is 2. The summed E-state index contributed by atoms with van der Waals surface area (Å²) in [5.74, 6) is 1.27. The molecule has 0 aromatic heterocycles. The molecule has 1 aliphatic heterocycles. The lowest BCUT2D eigenvalue weighted by Crippen LogP contribution is -2.10. The van der Waals surface area contributed by atoms with E-state index in [1.165, 1.54) is 5.56 Å². The number of benzene rings is 3. The Morgan fingerprint density at radius 3 is 2.35 bits per heavy atom. The summed E-state index contributed by atoms with van der Waals surface area (Å²) in [7, 11) is 0. The van der Waals surface area contributed by atoms with Crippen molar-refractivity contribution in [2.45, 2.75) is 32.8 Å². The lowest BCUT2D eigenvalue weighted by molar-refractivity contribution is 0.101. The molecular formula is C26H22Cl2O3. The predicted molar refractivity (Wildman–Crippen MR) is 125 cm³/mol. The van der Waals surface area contributed by atoms with Gasteiger partial charge in [0.1, 0.15) is 18.1 Å². The van der Waals surface area contributed by atoms with Gasteiger partial charge in [-0.2, -0.15) is 0 Å². The van der Waals surface area contributed by atoms with Crippen LogP contribution in [0.2, 0.25) is 10.0 Å². The summed E-state index contributed by atoms with van der Waals surface area (Å²) in [6.45, 7) is 6.83. The maximum atomic E-state index is 12.7. The number of halogens is 2. The first-order chi connectivity index (χ1) is 14.7. The minimum Gasteiger partial charge on any atom is -0.489 e. The summed E-state index contributed by atoms with van der Waals surface area (Å²) in [6.07, 6.45) is 1.77. The summed E-state index contributed by atoms with van der Waals surface area (Å²) in [4.78, 5) is 12.7. The predicted octanol–water partition coefficient (Wildman–Crippen LogP) is 7.49. The number of ketones is 1. The summed E-state index contributed by atoms with van der Waals surface area (Å²) in [5, 5.41) is 0.984. The van der Waals surface area contributed by atoms with Crippen molar-refractivity contribution in [3.63, 3.8) is 0 Å². The van der Waals surface area contributed by atoms with Gasteiger partial charge in [0.2, 0.25) is 5.78 Å².